The van der Waals surface area contributed by atoms with Crippen molar-refractivity contribution < 1.29 is 0 Å². The minimum Gasteiger partial charge on any atom is -0.378 e. The van der Waals surface area contributed by atoms with Crippen molar-refractivity contribution in [1.29, 1.82) is 0 Å². The highest BCUT2D eigenvalue weighted by atomic mass is 32.2. The molecule has 21 heavy (non-hydrogen) atoms. The number of para-hydroxylation sites is 1. The van der Waals surface area contributed by atoms with Crippen molar-refractivity contribution in [2.45, 2.75) is 24.4 Å². The van der Waals surface area contributed by atoms with Crippen molar-refractivity contribution in [2.24, 2.45) is 0 Å². The van der Waals surface area contributed by atoms with E-state index in [1.54, 1.807) is 11.8 Å². The molecule has 1 atom stereocenters. The van der Waals surface area contributed by atoms with Crippen molar-refractivity contribution in [3.63, 3.8) is 0 Å². The average Bonchev–Trinajstić information content (AvgIpc) is 2.49. The summed E-state index contributed by atoms with van der Waals surface area (Å²) in [6, 6.07) is 17.6. The summed E-state index contributed by atoms with van der Waals surface area (Å²) in [5, 5.41) is 3.64. The largest absolute Gasteiger partial charge is 0.378 e. The lowest BCUT2D eigenvalue weighted by Gasteiger charge is -2.20. The molecule has 0 aliphatic heterocycles. The molecule has 2 aromatic rings. The summed E-state index contributed by atoms with van der Waals surface area (Å²) in [4.78, 5) is 3.50. The van der Waals surface area contributed by atoms with Crippen LogP contribution in [0.5, 0.6) is 0 Å². The fourth-order valence-electron chi connectivity index (χ4n) is 2.35. The average molecular weight is 300 g/mol. The molecule has 0 saturated heterocycles. The molecule has 0 saturated carbocycles. The molecule has 0 aliphatic carbocycles. The third-order valence-corrected chi connectivity index (χ3v) is 4.24. The zero-order valence-corrected chi connectivity index (χ0v) is 14.1. The molecule has 1 unspecified atom stereocenters. The van der Waals surface area contributed by atoms with Crippen LogP contribution in [-0.2, 0) is 6.54 Å². The quantitative estimate of drug-likeness (QED) is 0.782. The van der Waals surface area contributed by atoms with Gasteiger partial charge >= 0.3 is 0 Å². The summed E-state index contributed by atoms with van der Waals surface area (Å²) in [5.74, 6) is 0. The maximum Gasteiger partial charge on any atom is 0.0485 e. The smallest absolute Gasteiger partial charge is 0.0485 e. The molecular weight excluding hydrogens is 276 g/mol. The van der Waals surface area contributed by atoms with Gasteiger partial charge in [-0.25, -0.2) is 0 Å². The Morgan fingerprint density at radius 3 is 2.33 bits per heavy atom. The predicted molar refractivity (Wildman–Crippen MR) is 94.1 cm³/mol. The van der Waals surface area contributed by atoms with Gasteiger partial charge in [0.05, 0.1) is 0 Å². The van der Waals surface area contributed by atoms with E-state index in [4.69, 9.17) is 0 Å². The molecule has 1 N–H and O–H groups in total. The van der Waals surface area contributed by atoms with E-state index in [1.165, 1.54) is 21.7 Å². The standard InChI is InChI=1S/C18H24N2S/c1-14(15-9-11-17(21-4)12-10-15)19-18-8-6-5-7-16(18)13-20(2)3/h5-12,14,19H,13H2,1-4H3. The van der Waals surface area contributed by atoms with E-state index in [2.05, 4.69) is 86.0 Å². The topological polar surface area (TPSA) is 15.3 Å². The third kappa shape index (κ3) is 4.51. The van der Waals surface area contributed by atoms with Crippen LogP contribution in [0.3, 0.4) is 0 Å². The highest BCUT2D eigenvalue weighted by molar-refractivity contribution is 7.98. The van der Waals surface area contributed by atoms with Crippen LogP contribution in [0.4, 0.5) is 5.69 Å². The Morgan fingerprint density at radius 2 is 1.71 bits per heavy atom. The van der Waals surface area contributed by atoms with Crippen LogP contribution in [0.15, 0.2) is 53.4 Å². The van der Waals surface area contributed by atoms with Gasteiger partial charge in [0, 0.05) is 23.2 Å². The van der Waals surface area contributed by atoms with Crippen LogP contribution in [0.2, 0.25) is 0 Å². The van der Waals surface area contributed by atoms with Gasteiger partial charge in [-0.2, -0.15) is 0 Å². The molecule has 0 heterocycles. The number of hydrogen-bond donors (Lipinski definition) is 1. The lowest BCUT2D eigenvalue weighted by atomic mass is 10.1. The Hall–Kier alpha value is -1.45. The van der Waals surface area contributed by atoms with E-state index in [9.17, 15) is 0 Å². The zero-order valence-electron chi connectivity index (χ0n) is 13.3. The molecule has 0 fully saturated rings. The molecule has 2 nitrogen and oxygen atoms in total. The number of nitrogens with zero attached hydrogens (tertiary/aromatic N) is 1. The lowest BCUT2D eigenvalue weighted by molar-refractivity contribution is 0.403. The Kier molecular flexibility index (Phi) is 5.71. The van der Waals surface area contributed by atoms with Crippen molar-refractivity contribution in [1.82, 2.24) is 4.90 Å². The second-order valence-corrected chi connectivity index (χ2v) is 6.41. The van der Waals surface area contributed by atoms with Crippen LogP contribution < -0.4 is 5.32 Å². The fourth-order valence-corrected chi connectivity index (χ4v) is 2.76. The van der Waals surface area contributed by atoms with Crippen LogP contribution in [0.25, 0.3) is 0 Å². The van der Waals surface area contributed by atoms with Gasteiger partial charge in [-0.3, -0.25) is 0 Å². The van der Waals surface area contributed by atoms with E-state index in [-0.39, 0.29) is 0 Å². The molecule has 0 spiro atoms. The molecule has 2 rings (SSSR count). The number of rotatable bonds is 6. The van der Waals surface area contributed by atoms with Crippen LogP contribution >= 0.6 is 11.8 Å². The molecule has 3 heteroatoms. The minimum absolute atomic E-state index is 0.296. The number of benzene rings is 2. The second-order valence-electron chi connectivity index (χ2n) is 5.53. The Labute approximate surface area is 132 Å². The van der Waals surface area contributed by atoms with Gasteiger partial charge in [-0.15, -0.1) is 11.8 Å². The second kappa shape index (κ2) is 7.53. The summed E-state index contributed by atoms with van der Waals surface area (Å²) in [7, 11) is 4.20. The molecule has 0 aromatic heterocycles. The number of hydrogen-bond acceptors (Lipinski definition) is 3. The van der Waals surface area contributed by atoms with Gasteiger partial charge in [0.2, 0.25) is 0 Å². The number of anilines is 1. The molecule has 0 bridgehead atoms. The van der Waals surface area contributed by atoms with Gasteiger partial charge in [-0.05, 0) is 56.6 Å². The molecule has 2 aromatic carbocycles. The van der Waals surface area contributed by atoms with E-state index in [1.807, 2.05) is 0 Å². The first-order valence-corrected chi connectivity index (χ1v) is 8.45. The van der Waals surface area contributed by atoms with Crippen molar-refractivity contribution in [2.75, 3.05) is 25.7 Å². The Morgan fingerprint density at radius 1 is 1.05 bits per heavy atom. The van der Waals surface area contributed by atoms with Crippen LogP contribution in [-0.4, -0.2) is 25.3 Å². The summed E-state index contributed by atoms with van der Waals surface area (Å²) >= 11 is 1.78. The number of nitrogens with one attached hydrogen (secondary N) is 1. The molecule has 0 radical (unpaired) electrons. The molecule has 0 amide bonds. The van der Waals surface area contributed by atoms with E-state index in [0.717, 1.165) is 6.54 Å². The summed E-state index contributed by atoms with van der Waals surface area (Å²) in [5.41, 5.74) is 3.86. The summed E-state index contributed by atoms with van der Waals surface area (Å²) in [6.07, 6.45) is 2.11. The Bertz CT molecular complexity index is 564. The maximum atomic E-state index is 3.64. The maximum absolute atomic E-state index is 3.64. The lowest BCUT2D eigenvalue weighted by Crippen LogP contribution is -2.14. The van der Waals surface area contributed by atoms with Crippen LogP contribution in [0.1, 0.15) is 24.1 Å². The SMILES string of the molecule is CSc1ccc(C(C)Nc2ccccc2CN(C)C)cc1. The van der Waals surface area contributed by atoms with Gasteiger partial charge in [0.15, 0.2) is 0 Å². The number of thioether (sulfide) groups is 1. The van der Waals surface area contributed by atoms with E-state index >= 15 is 0 Å². The first kappa shape index (κ1) is 15.9. The Balaban J connectivity index is 2.13. The van der Waals surface area contributed by atoms with E-state index < -0.39 is 0 Å². The normalized spacial score (nSPS) is 12.4. The third-order valence-electron chi connectivity index (χ3n) is 3.49. The van der Waals surface area contributed by atoms with Gasteiger partial charge in [0.1, 0.15) is 0 Å². The predicted octanol–water partition coefficient (Wildman–Crippen LogP) is 4.64. The van der Waals surface area contributed by atoms with E-state index in [0.29, 0.717) is 6.04 Å². The van der Waals surface area contributed by atoms with Gasteiger partial charge < -0.3 is 10.2 Å². The first-order valence-electron chi connectivity index (χ1n) is 7.23. The van der Waals surface area contributed by atoms with Gasteiger partial charge in [-0.1, -0.05) is 30.3 Å². The molecule has 112 valence electrons. The fraction of sp³-hybridized carbons (Fsp3) is 0.333. The highest BCUT2D eigenvalue weighted by Crippen LogP contribution is 2.24. The van der Waals surface area contributed by atoms with Crippen molar-refractivity contribution >= 4 is 17.4 Å². The van der Waals surface area contributed by atoms with Gasteiger partial charge in [0.25, 0.3) is 0 Å². The molecular formula is C18H24N2S. The monoisotopic (exact) mass is 300 g/mol. The summed E-state index contributed by atoms with van der Waals surface area (Å²) < 4.78 is 0. The van der Waals surface area contributed by atoms with Crippen LogP contribution in [0, 0.1) is 0 Å². The minimum atomic E-state index is 0.296. The van der Waals surface area contributed by atoms with Crippen molar-refractivity contribution in [3.8, 4) is 0 Å². The van der Waals surface area contributed by atoms with Crippen molar-refractivity contribution in [3.05, 3.63) is 59.7 Å². The molecule has 0 aliphatic rings. The highest BCUT2D eigenvalue weighted by Gasteiger charge is 2.08. The first-order chi connectivity index (χ1) is 10.1. The summed E-state index contributed by atoms with van der Waals surface area (Å²) in [6.45, 7) is 3.15. The zero-order chi connectivity index (χ0) is 15.2.